The molecular weight excluding hydrogens is 334 g/mol. The van der Waals surface area contributed by atoms with Crippen LogP contribution in [0.25, 0.3) is 0 Å². The lowest BCUT2D eigenvalue weighted by Crippen LogP contribution is -2.25. The van der Waals surface area contributed by atoms with Gasteiger partial charge in [-0.3, -0.25) is 4.79 Å². The number of ether oxygens (including phenoxy) is 3. The number of hydrogen-bond donors (Lipinski definition) is 2. The molecule has 1 amide bonds. The molecule has 2 aromatic carbocycles. The number of anilines is 1. The number of hydrazone groups is 1. The Kier molecular flexibility index (Phi) is 7.30. The molecule has 0 saturated heterocycles. The third-order valence-electron chi connectivity index (χ3n) is 3.41. The van der Waals surface area contributed by atoms with Gasteiger partial charge < -0.3 is 19.5 Å². The third-order valence-corrected chi connectivity index (χ3v) is 3.41. The lowest BCUT2D eigenvalue weighted by atomic mass is 10.2. The molecule has 26 heavy (non-hydrogen) atoms. The van der Waals surface area contributed by atoms with Crippen LogP contribution in [0, 0.1) is 0 Å². The predicted molar refractivity (Wildman–Crippen MR) is 101 cm³/mol. The molecule has 2 aromatic rings. The van der Waals surface area contributed by atoms with E-state index in [-0.39, 0.29) is 12.5 Å². The van der Waals surface area contributed by atoms with Crippen LogP contribution >= 0.6 is 0 Å². The number of rotatable bonds is 9. The van der Waals surface area contributed by atoms with Gasteiger partial charge in [0.2, 0.25) is 0 Å². The van der Waals surface area contributed by atoms with Gasteiger partial charge in [0.1, 0.15) is 5.75 Å². The zero-order valence-corrected chi connectivity index (χ0v) is 15.1. The Bertz CT molecular complexity index is 762. The molecule has 0 aliphatic heterocycles. The van der Waals surface area contributed by atoms with Gasteiger partial charge >= 0.3 is 0 Å². The van der Waals surface area contributed by atoms with Crippen LogP contribution in [-0.2, 0) is 4.79 Å². The highest BCUT2D eigenvalue weighted by atomic mass is 16.5. The summed E-state index contributed by atoms with van der Waals surface area (Å²) in [7, 11) is 3.18. The first-order chi connectivity index (χ1) is 12.7. The second-order valence-electron chi connectivity index (χ2n) is 5.22. The maximum atomic E-state index is 11.9. The van der Waals surface area contributed by atoms with Crippen LogP contribution in [0.3, 0.4) is 0 Å². The van der Waals surface area contributed by atoms with Crippen molar-refractivity contribution in [2.24, 2.45) is 5.10 Å². The number of carbonyl (C=O) groups excluding carboxylic acids is 1. The minimum Gasteiger partial charge on any atom is -0.497 e. The predicted octanol–water partition coefficient (Wildman–Crippen LogP) is 2.66. The molecule has 0 fully saturated rings. The average Bonchev–Trinajstić information content (AvgIpc) is 2.67. The van der Waals surface area contributed by atoms with Crippen LogP contribution in [0.4, 0.5) is 5.69 Å². The van der Waals surface area contributed by atoms with Gasteiger partial charge in [0, 0.05) is 11.8 Å². The number of nitrogens with zero attached hydrogens (tertiary/aromatic N) is 1. The second kappa shape index (κ2) is 9.93. The molecule has 0 radical (unpaired) electrons. The van der Waals surface area contributed by atoms with Crippen molar-refractivity contribution < 1.29 is 19.0 Å². The maximum Gasteiger partial charge on any atom is 0.259 e. The number of benzene rings is 2. The smallest absolute Gasteiger partial charge is 0.259 e. The van der Waals surface area contributed by atoms with Gasteiger partial charge in [0.15, 0.2) is 11.5 Å². The summed E-state index contributed by atoms with van der Waals surface area (Å²) in [6.07, 6.45) is 1.55. The second-order valence-corrected chi connectivity index (χ2v) is 5.22. The van der Waals surface area contributed by atoms with Gasteiger partial charge in [-0.25, -0.2) is 5.43 Å². The highest BCUT2D eigenvalue weighted by Crippen LogP contribution is 2.27. The van der Waals surface area contributed by atoms with Gasteiger partial charge in [-0.1, -0.05) is 6.07 Å². The molecule has 0 unspecified atom stereocenters. The number of hydrogen-bond acceptors (Lipinski definition) is 6. The molecule has 0 heterocycles. The molecule has 0 aliphatic rings. The van der Waals surface area contributed by atoms with Gasteiger partial charge in [-0.05, 0) is 42.8 Å². The Hall–Kier alpha value is -3.22. The molecule has 2 N–H and O–H groups in total. The van der Waals surface area contributed by atoms with E-state index in [1.165, 1.54) is 0 Å². The van der Waals surface area contributed by atoms with Crippen LogP contribution in [-0.4, -0.2) is 39.5 Å². The summed E-state index contributed by atoms with van der Waals surface area (Å²) < 4.78 is 15.9. The van der Waals surface area contributed by atoms with Crippen molar-refractivity contribution in [1.29, 1.82) is 0 Å². The van der Waals surface area contributed by atoms with Crippen LogP contribution in [0.15, 0.2) is 47.6 Å². The maximum absolute atomic E-state index is 11.9. The molecule has 7 nitrogen and oxygen atoms in total. The van der Waals surface area contributed by atoms with Gasteiger partial charge in [-0.2, -0.15) is 5.10 Å². The standard InChI is InChI=1S/C19H23N3O4/c1-4-26-18-10-14(8-9-17(18)25-3)12-21-22-19(23)13-20-15-6-5-7-16(11-15)24-2/h5-12,20H,4,13H2,1-3H3,(H,22,23)/b21-12-. The first kappa shape index (κ1) is 19.1. The van der Waals surface area contributed by atoms with E-state index >= 15 is 0 Å². The fraction of sp³-hybridized carbons (Fsp3) is 0.263. The van der Waals surface area contributed by atoms with Gasteiger partial charge in [0.05, 0.1) is 33.6 Å². The Labute approximate surface area is 153 Å². The third kappa shape index (κ3) is 5.70. The van der Waals surface area contributed by atoms with Crippen LogP contribution in [0.1, 0.15) is 12.5 Å². The molecule has 0 saturated carbocycles. The van der Waals surface area contributed by atoms with E-state index in [0.29, 0.717) is 18.1 Å². The van der Waals surface area contributed by atoms with E-state index in [1.54, 1.807) is 32.6 Å². The van der Waals surface area contributed by atoms with Gasteiger partial charge in [-0.15, -0.1) is 0 Å². The van der Waals surface area contributed by atoms with Crippen molar-refractivity contribution in [1.82, 2.24) is 5.43 Å². The van der Waals surface area contributed by atoms with E-state index in [2.05, 4.69) is 15.8 Å². The summed E-state index contributed by atoms with van der Waals surface area (Å²) in [5.74, 6) is 1.74. The molecular formula is C19H23N3O4. The molecule has 138 valence electrons. The molecule has 0 aromatic heterocycles. The normalized spacial score (nSPS) is 10.4. The van der Waals surface area contributed by atoms with Crippen molar-refractivity contribution in [3.8, 4) is 17.2 Å². The fourth-order valence-corrected chi connectivity index (χ4v) is 2.18. The zero-order chi connectivity index (χ0) is 18.8. The van der Waals surface area contributed by atoms with Crippen molar-refractivity contribution >= 4 is 17.8 Å². The Morgan fingerprint density at radius 1 is 1.12 bits per heavy atom. The summed E-state index contributed by atoms with van der Waals surface area (Å²) in [6.45, 7) is 2.52. The highest BCUT2D eigenvalue weighted by Gasteiger charge is 2.04. The van der Waals surface area contributed by atoms with E-state index in [9.17, 15) is 4.79 Å². The number of carbonyl (C=O) groups is 1. The van der Waals surface area contributed by atoms with E-state index in [1.807, 2.05) is 37.3 Å². The van der Waals surface area contributed by atoms with Crippen LogP contribution in [0.5, 0.6) is 17.2 Å². The van der Waals surface area contributed by atoms with E-state index in [0.717, 1.165) is 17.0 Å². The topological polar surface area (TPSA) is 81.2 Å². The SMILES string of the molecule is CCOc1cc(/C=N\NC(=O)CNc2cccc(OC)c2)ccc1OC. The summed E-state index contributed by atoms with van der Waals surface area (Å²) >= 11 is 0. The van der Waals surface area contributed by atoms with Crippen molar-refractivity contribution in [3.63, 3.8) is 0 Å². The largest absolute Gasteiger partial charge is 0.497 e. The van der Waals surface area contributed by atoms with Crippen molar-refractivity contribution in [2.45, 2.75) is 6.92 Å². The molecule has 0 spiro atoms. The molecule has 0 atom stereocenters. The Morgan fingerprint density at radius 3 is 2.69 bits per heavy atom. The van der Waals surface area contributed by atoms with Crippen molar-refractivity contribution in [2.75, 3.05) is 32.7 Å². The first-order valence-electron chi connectivity index (χ1n) is 8.17. The number of methoxy groups -OCH3 is 2. The number of amides is 1. The quantitative estimate of drug-likeness (QED) is 0.533. The van der Waals surface area contributed by atoms with E-state index in [4.69, 9.17) is 14.2 Å². The minimum absolute atomic E-state index is 0.0946. The zero-order valence-electron chi connectivity index (χ0n) is 15.1. The summed E-state index contributed by atoms with van der Waals surface area (Å²) in [4.78, 5) is 11.9. The number of nitrogens with one attached hydrogen (secondary N) is 2. The molecule has 7 heteroatoms. The lowest BCUT2D eigenvalue weighted by Gasteiger charge is -2.09. The monoisotopic (exact) mass is 357 g/mol. The Balaban J connectivity index is 1.87. The minimum atomic E-state index is -0.261. The molecule has 0 aliphatic carbocycles. The van der Waals surface area contributed by atoms with Crippen LogP contribution < -0.4 is 25.0 Å². The van der Waals surface area contributed by atoms with Crippen molar-refractivity contribution in [3.05, 3.63) is 48.0 Å². The molecule has 2 rings (SSSR count). The summed E-state index contributed by atoms with van der Waals surface area (Å²) in [6, 6.07) is 12.8. The average molecular weight is 357 g/mol. The summed E-state index contributed by atoms with van der Waals surface area (Å²) in [5, 5.41) is 6.96. The van der Waals surface area contributed by atoms with E-state index < -0.39 is 0 Å². The lowest BCUT2D eigenvalue weighted by molar-refractivity contribution is -0.119. The van der Waals surface area contributed by atoms with Crippen LogP contribution in [0.2, 0.25) is 0 Å². The fourth-order valence-electron chi connectivity index (χ4n) is 2.18. The summed E-state index contributed by atoms with van der Waals surface area (Å²) in [5.41, 5.74) is 4.05. The highest BCUT2D eigenvalue weighted by molar-refractivity contribution is 5.84. The van der Waals surface area contributed by atoms with Gasteiger partial charge in [0.25, 0.3) is 5.91 Å². The first-order valence-corrected chi connectivity index (χ1v) is 8.17. The Morgan fingerprint density at radius 2 is 1.96 bits per heavy atom. The molecule has 0 bridgehead atoms.